The van der Waals surface area contributed by atoms with Crippen LogP contribution < -0.4 is 0 Å². The summed E-state index contributed by atoms with van der Waals surface area (Å²) in [5.41, 5.74) is 0. The van der Waals surface area contributed by atoms with Crippen molar-refractivity contribution in [3.63, 3.8) is 0 Å². The van der Waals surface area contributed by atoms with E-state index in [-0.39, 0.29) is 0 Å². The van der Waals surface area contributed by atoms with Crippen molar-refractivity contribution in [1.29, 1.82) is 0 Å². The van der Waals surface area contributed by atoms with Gasteiger partial charge in [0.2, 0.25) is 5.88 Å². The zero-order valence-electron chi connectivity index (χ0n) is 7.74. The first-order valence-electron chi connectivity index (χ1n) is 3.66. The van der Waals surface area contributed by atoms with Crippen molar-refractivity contribution < 1.29 is 22.3 Å². The lowest BCUT2D eigenvalue weighted by molar-refractivity contribution is -0.165. The van der Waals surface area contributed by atoms with Gasteiger partial charge in [-0.1, -0.05) is 15.9 Å². The van der Waals surface area contributed by atoms with E-state index in [0.29, 0.717) is 4.48 Å². The van der Waals surface area contributed by atoms with Crippen molar-refractivity contribution in [2.24, 2.45) is 4.99 Å². The Hall–Kier alpha value is -0.850. The van der Waals surface area contributed by atoms with Gasteiger partial charge in [-0.05, 0) is 24.2 Å². The minimum atomic E-state index is -4.54. The first kappa shape index (κ1) is 14.2. The first-order chi connectivity index (χ1) is 6.76. The van der Waals surface area contributed by atoms with Gasteiger partial charge in [0.25, 0.3) is 0 Å². The summed E-state index contributed by atoms with van der Waals surface area (Å²) in [5.74, 6) is -1.81. The van der Waals surface area contributed by atoms with E-state index in [0.717, 1.165) is 6.08 Å². The maximum absolute atomic E-state index is 13.0. The monoisotopic (exact) mass is 289 g/mol. The van der Waals surface area contributed by atoms with Crippen LogP contribution in [0.4, 0.5) is 17.6 Å². The van der Waals surface area contributed by atoms with Gasteiger partial charge in [-0.3, -0.25) is 0 Å². The maximum atomic E-state index is 13.0. The molecule has 0 rings (SSSR count). The summed E-state index contributed by atoms with van der Waals surface area (Å²) in [7, 11) is 0. The number of halogens is 5. The van der Waals surface area contributed by atoms with Crippen LogP contribution in [0.2, 0.25) is 0 Å². The van der Waals surface area contributed by atoms with E-state index >= 15 is 0 Å². The Morgan fingerprint density at radius 3 is 2.40 bits per heavy atom. The highest BCUT2D eigenvalue weighted by Gasteiger charge is 2.29. The molecule has 2 nitrogen and oxygen atoms in total. The second-order valence-electron chi connectivity index (χ2n) is 2.45. The largest absolute Gasteiger partial charge is 0.466 e. The summed E-state index contributed by atoms with van der Waals surface area (Å²) < 4.78 is 52.7. The Morgan fingerprint density at radius 2 is 2.07 bits per heavy atom. The fourth-order valence-electron chi connectivity index (χ4n) is 0.577. The zero-order chi connectivity index (χ0) is 12.1. The van der Waals surface area contributed by atoms with E-state index in [4.69, 9.17) is 0 Å². The number of allylic oxidation sites excluding steroid dienone is 3. The number of ether oxygens (including phenoxy) is 1. The van der Waals surface area contributed by atoms with Gasteiger partial charge in [0.1, 0.15) is 0 Å². The van der Waals surface area contributed by atoms with Gasteiger partial charge in [-0.15, -0.1) is 0 Å². The van der Waals surface area contributed by atoms with Crippen LogP contribution in [0, 0.1) is 0 Å². The Balaban J connectivity index is 4.63. The van der Waals surface area contributed by atoms with Crippen LogP contribution in [-0.2, 0) is 4.74 Å². The van der Waals surface area contributed by atoms with Crippen LogP contribution in [0.3, 0.4) is 0 Å². The summed E-state index contributed by atoms with van der Waals surface area (Å²) >= 11 is 2.91. The molecule has 0 aromatic rings. The fraction of sp³-hybridized carbons (Fsp3) is 0.375. The Kier molecular flexibility index (Phi) is 5.56. The van der Waals surface area contributed by atoms with Crippen molar-refractivity contribution >= 4 is 22.6 Å². The zero-order valence-corrected chi connectivity index (χ0v) is 9.32. The van der Waals surface area contributed by atoms with Crippen molar-refractivity contribution in [3.05, 3.63) is 22.3 Å². The van der Waals surface area contributed by atoms with Gasteiger partial charge >= 0.3 is 6.18 Å². The van der Waals surface area contributed by atoms with Crippen LogP contribution in [0.25, 0.3) is 0 Å². The molecule has 15 heavy (non-hydrogen) atoms. The molecular weight excluding hydrogens is 282 g/mol. The molecule has 0 bridgehead atoms. The smallest absolute Gasteiger partial charge is 0.422 e. The van der Waals surface area contributed by atoms with E-state index in [1.54, 1.807) is 0 Å². The van der Waals surface area contributed by atoms with E-state index in [2.05, 4.69) is 32.4 Å². The predicted octanol–water partition coefficient (Wildman–Crippen LogP) is 3.70. The Morgan fingerprint density at radius 1 is 1.53 bits per heavy atom. The molecule has 0 aliphatic heterocycles. The molecule has 0 radical (unpaired) electrons. The molecule has 0 amide bonds. The topological polar surface area (TPSA) is 21.6 Å². The molecular formula is C8H8BrF4NO. The second kappa shape index (κ2) is 5.89. The molecule has 0 saturated heterocycles. The molecule has 0 aliphatic carbocycles. The van der Waals surface area contributed by atoms with Gasteiger partial charge in [-0.25, -0.2) is 9.38 Å². The quantitative estimate of drug-likeness (QED) is 0.335. The van der Waals surface area contributed by atoms with Crippen molar-refractivity contribution in [3.8, 4) is 0 Å². The Bertz CT molecular complexity index is 292. The van der Waals surface area contributed by atoms with Crippen LogP contribution >= 0.6 is 15.9 Å². The molecule has 0 aromatic heterocycles. The maximum Gasteiger partial charge on any atom is 0.422 e. The third-order valence-electron chi connectivity index (χ3n) is 1.05. The summed E-state index contributed by atoms with van der Waals surface area (Å²) in [5, 5.41) is 0. The summed E-state index contributed by atoms with van der Waals surface area (Å²) in [6.07, 6.45) is -3.61. The predicted molar refractivity (Wildman–Crippen MR) is 52.4 cm³/mol. The first-order valence-corrected chi connectivity index (χ1v) is 4.45. The molecule has 0 spiro atoms. The lowest BCUT2D eigenvalue weighted by Crippen LogP contribution is -2.16. The number of rotatable bonds is 4. The molecule has 86 valence electrons. The molecule has 0 saturated carbocycles. The minimum Gasteiger partial charge on any atom is -0.466 e. The standard InChI is InChI=1S/C8H8BrF4NO/c1-5(9)3-6(10)7(14-2)15-4-8(11,12)13/h3H,2,4H2,1H3/b5-3+,7-6-. The summed E-state index contributed by atoms with van der Waals surface area (Å²) in [6.45, 7) is 2.80. The number of aliphatic imine (C=N–C) groups is 1. The number of hydrogen-bond donors (Lipinski definition) is 0. The molecule has 0 unspecified atom stereocenters. The third-order valence-corrected chi connectivity index (χ3v) is 1.28. The van der Waals surface area contributed by atoms with Crippen LogP contribution in [0.15, 0.2) is 27.3 Å². The van der Waals surface area contributed by atoms with Gasteiger partial charge in [0, 0.05) is 0 Å². The van der Waals surface area contributed by atoms with Crippen LogP contribution in [0.5, 0.6) is 0 Å². The number of nitrogens with zero attached hydrogens (tertiary/aromatic N) is 1. The average Bonchev–Trinajstić information content (AvgIpc) is 2.01. The highest BCUT2D eigenvalue weighted by molar-refractivity contribution is 9.11. The summed E-state index contributed by atoms with van der Waals surface area (Å²) in [4.78, 5) is 3.01. The normalized spacial score (nSPS) is 14.7. The highest BCUT2D eigenvalue weighted by Crippen LogP contribution is 2.20. The number of alkyl halides is 3. The van der Waals surface area contributed by atoms with Gasteiger partial charge < -0.3 is 4.74 Å². The fourth-order valence-corrected chi connectivity index (χ4v) is 0.778. The lowest BCUT2D eigenvalue weighted by Gasteiger charge is -2.08. The summed E-state index contributed by atoms with van der Waals surface area (Å²) in [6, 6.07) is 0. The van der Waals surface area contributed by atoms with Gasteiger partial charge in [0.15, 0.2) is 12.4 Å². The average molecular weight is 290 g/mol. The van der Waals surface area contributed by atoms with E-state index in [1.165, 1.54) is 6.92 Å². The van der Waals surface area contributed by atoms with Crippen molar-refractivity contribution in [2.75, 3.05) is 6.61 Å². The van der Waals surface area contributed by atoms with Gasteiger partial charge in [0.05, 0.1) is 0 Å². The molecule has 0 aliphatic rings. The van der Waals surface area contributed by atoms with E-state index in [1.807, 2.05) is 0 Å². The molecule has 7 heteroatoms. The lowest BCUT2D eigenvalue weighted by atomic mass is 10.4. The molecule has 0 aromatic carbocycles. The van der Waals surface area contributed by atoms with Crippen molar-refractivity contribution in [2.45, 2.75) is 13.1 Å². The van der Waals surface area contributed by atoms with Crippen molar-refractivity contribution in [1.82, 2.24) is 0 Å². The Labute approximate surface area is 92.5 Å². The van der Waals surface area contributed by atoms with Crippen LogP contribution in [-0.4, -0.2) is 19.5 Å². The molecule has 0 fully saturated rings. The number of hydrogen-bond acceptors (Lipinski definition) is 2. The minimum absolute atomic E-state index is 0.386. The molecule has 0 heterocycles. The molecule has 0 atom stereocenters. The third kappa shape index (κ3) is 7.12. The van der Waals surface area contributed by atoms with Crippen LogP contribution in [0.1, 0.15) is 6.92 Å². The van der Waals surface area contributed by atoms with E-state index < -0.39 is 24.5 Å². The SMILES string of the molecule is C=N/C(OCC(F)(F)F)=C(F)\C=C(/C)Br. The van der Waals surface area contributed by atoms with E-state index in [9.17, 15) is 17.6 Å². The van der Waals surface area contributed by atoms with Gasteiger partial charge in [-0.2, -0.15) is 13.2 Å². The molecule has 0 N–H and O–H groups in total. The second-order valence-corrected chi connectivity index (χ2v) is 3.70. The highest BCUT2D eigenvalue weighted by atomic mass is 79.9.